The van der Waals surface area contributed by atoms with Crippen molar-refractivity contribution in [1.29, 1.82) is 0 Å². The summed E-state index contributed by atoms with van der Waals surface area (Å²) < 4.78 is 15.9. The van der Waals surface area contributed by atoms with E-state index in [4.69, 9.17) is 0 Å². The Labute approximate surface area is 164 Å². The van der Waals surface area contributed by atoms with Crippen molar-refractivity contribution in [1.82, 2.24) is 15.1 Å². The van der Waals surface area contributed by atoms with E-state index >= 15 is 0 Å². The minimum Gasteiger partial charge on any atom is -0.349 e. The first-order chi connectivity index (χ1) is 13.6. The number of halogens is 1. The van der Waals surface area contributed by atoms with Crippen molar-refractivity contribution < 1.29 is 9.18 Å². The van der Waals surface area contributed by atoms with Gasteiger partial charge in [-0.2, -0.15) is 5.10 Å². The Balaban J connectivity index is 1.47. The molecule has 4 nitrogen and oxygen atoms in total. The van der Waals surface area contributed by atoms with Gasteiger partial charge in [-0.05, 0) is 55.9 Å². The van der Waals surface area contributed by atoms with Gasteiger partial charge in [-0.15, -0.1) is 0 Å². The predicted octanol–water partition coefficient (Wildman–Crippen LogP) is 4.45. The molecule has 2 aromatic carbocycles. The number of benzene rings is 2. The van der Waals surface area contributed by atoms with Gasteiger partial charge in [0.05, 0.1) is 12.2 Å². The largest absolute Gasteiger partial charge is 0.349 e. The lowest BCUT2D eigenvalue weighted by atomic mass is 9.92. The standard InChI is InChI=1S/C23H24FN3O/c1-16-7-2-3-8-17(16)13-14-23(28)26-20-10-6-12-21-18(20)15-25-27(21)22-11-5-4-9-19(22)24/h2-5,7-9,11,15,20H,6,10,12-14H2,1H3,(H,26,28)/t20-/m0/s1. The average molecular weight is 377 g/mol. The Morgan fingerprint density at radius 2 is 2.00 bits per heavy atom. The number of para-hydroxylation sites is 1. The molecule has 5 heteroatoms. The normalized spacial score (nSPS) is 15.9. The van der Waals surface area contributed by atoms with Crippen molar-refractivity contribution in [3.63, 3.8) is 0 Å². The third kappa shape index (κ3) is 3.70. The maximum Gasteiger partial charge on any atom is 0.220 e. The lowest BCUT2D eigenvalue weighted by Crippen LogP contribution is -2.31. The van der Waals surface area contributed by atoms with Crippen LogP contribution in [0.25, 0.3) is 5.69 Å². The van der Waals surface area contributed by atoms with E-state index in [1.165, 1.54) is 17.2 Å². The number of aryl methyl sites for hydroxylation is 2. The van der Waals surface area contributed by atoms with Crippen molar-refractivity contribution in [3.05, 3.63) is 82.9 Å². The summed E-state index contributed by atoms with van der Waals surface area (Å²) in [6.45, 7) is 2.07. The monoisotopic (exact) mass is 377 g/mol. The van der Waals surface area contributed by atoms with Crippen LogP contribution in [0.5, 0.6) is 0 Å². The van der Waals surface area contributed by atoms with Crippen molar-refractivity contribution in [2.75, 3.05) is 0 Å². The molecule has 1 aromatic heterocycles. The van der Waals surface area contributed by atoms with Gasteiger partial charge in [0.15, 0.2) is 0 Å². The molecule has 0 spiro atoms. The van der Waals surface area contributed by atoms with Gasteiger partial charge in [0.1, 0.15) is 11.5 Å². The summed E-state index contributed by atoms with van der Waals surface area (Å²) in [7, 11) is 0. The number of aromatic nitrogens is 2. The molecule has 3 aromatic rings. The zero-order valence-electron chi connectivity index (χ0n) is 16.0. The molecule has 0 fully saturated rings. The molecule has 1 aliphatic rings. The number of hydrogen-bond acceptors (Lipinski definition) is 2. The fraction of sp³-hybridized carbons (Fsp3) is 0.304. The first-order valence-corrected chi connectivity index (χ1v) is 9.79. The van der Waals surface area contributed by atoms with Gasteiger partial charge in [0, 0.05) is 17.7 Å². The highest BCUT2D eigenvalue weighted by molar-refractivity contribution is 5.76. The molecule has 144 valence electrons. The van der Waals surface area contributed by atoms with E-state index < -0.39 is 0 Å². The van der Waals surface area contributed by atoms with Crippen LogP contribution in [0, 0.1) is 12.7 Å². The third-order valence-electron chi connectivity index (χ3n) is 5.48. The van der Waals surface area contributed by atoms with Crippen molar-refractivity contribution in [3.8, 4) is 5.69 Å². The van der Waals surface area contributed by atoms with E-state index in [2.05, 4.69) is 29.5 Å². The van der Waals surface area contributed by atoms with Gasteiger partial charge >= 0.3 is 0 Å². The average Bonchev–Trinajstić information content (AvgIpc) is 3.13. The molecule has 1 N–H and O–H groups in total. The fourth-order valence-corrected chi connectivity index (χ4v) is 3.94. The van der Waals surface area contributed by atoms with Gasteiger partial charge in [-0.3, -0.25) is 4.79 Å². The molecule has 1 atom stereocenters. The smallest absolute Gasteiger partial charge is 0.220 e. The second kappa shape index (κ2) is 7.97. The molecule has 0 bridgehead atoms. The maximum atomic E-state index is 14.2. The minimum atomic E-state index is -0.294. The molecule has 1 aliphatic carbocycles. The Morgan fingerprint density at radius 3 is 2.82 bits per heavy atom. The van der Waals surface area contributed by atoms with Crippen LogP contribution < -0.4 is 5.32 Å². The lowest BCUT2D eigenvalue weighted by molar-refractivity contribution is -0.121. The van der Waals surface area contributed by atoms with Crippen LogP contribution in [-0.2, 0) is 17.6 Å². The number of amides is 1. The number of hydrogen-bond donors (Lipinski definition) is 1. The number of rotatable bonds is 5. The van der Waals surface area contributed by atoms with Crippen LogP contribution in [-0.4, -0.2) is 15.7 Å². The lowest BCUT2D eigenvalue weighted by Gasteiger charge is -2.24. The first-order valence-electron chi connectivity index (χ1n) is 9.79. The molecule has 0 radical (unpaired) electrons. The summed E-state index contributed by atoms with van der Waals surface area (Å²) in [6, 6.07) is 14.7. The van der Waals surface area contributed by atoms with Gasteiger partial charge in [0.25, 0.3) is 0 Å². The van der Waals surface area contributed by atoms with Crippen molar-refractivity contribution in [2.45, 2.75) is 45.1 Å². The van der Waals surface area contributed by atoms with Crippen molar-refractivity contribution in [2.24, 2.45) is 0 Å². The second-order valence-corrected chi connectivity index (χ2v) is 7.35. The molecule has 28 heavy (non-hydrogen) atoms. The topological polar surface area (TPSA) is 46.9 Å². The number of carbonyl (C=O) groups excluding carboxylic acids is 1. The Bertz CT molecular complexity index is 995. The SMILES string of the molecule is Cc1ccccc1CCC(=O)N[C@H]1CCCc2c1cnn2-c1ccccc1F. The Hall–Kier alpha value is -2.95. The van der Waals surface area contributed by atoms with Crippen molar-refractivity contribution >= 4 is 5.91 Å². The molecule has 0 unspecified atom stereocenters. The minimum absolute atomic E-state index is 0.0414. The third-order valence-corrected chi connectivity index (χ3v) is 5.48. The van der Waals surface area contributed by atoms with Crippen LogP contribution in [0.4, 0.5) is 4.39 Å². The zero-order chi connectivity index (χ0) is 19.5. The van der Waals surface area contributed by atoms with E-state index in [9.17, 15) is 9.18 Å². The number of fused-ring (bicyclic) bond motifs is 1. The summed E-state index contributed by atoms with van der Waals surface area (Å²) in [5, 5.41) is 7.58. The summed E-state index contributed by atoms with van der Waals surface area (Å²) in [5.74, 6) is -0.252. The van der Waals surface area contributed by atoms with Crippen LogP contribution in [0.1, 0.15) is 47.7 Å². The molecule has 0 saturated carbocycles. The van der Waals surface area contributed by atoms with Crippen LogP contribution in [0.3, 0.4) is 0 Å². The maximum absolute atomic E-state index is 14.2. The highest BCUT2D eigenvalue weighted by Gasteiger charge is 2.26. The number of nitrogens with zero attached hydrogens (tertiary/aromatic N) is 2. The molecule has 1 heterocycles. The summed E-state index contributed by atoms with van der Waals surface area (Å²) in [6.07, 6.45) is 5.61. The predicted molar refractivity (Wildman–Crippen MR) is 107 cm³/mol. The van der Waals surface area contributed by atoms with E-state index in [1.807, 2.05) is 12.1 Å². The summed E-state index contributed by atoms with van der Waals surface area (Å²) in [5.41, 5.74) is 4.85. The van der Waals surface area contributed by atoms with Crippen LogP contribution >= 0.6 is 0 Å². The van der Waals surface area contributed by atoms with Gasteiger partial charge in [-0.1, -0.05) is 36.4 Å². The second-order valence-electron chi connectivity index (χ2n) is 7.35. The van der Waals surface area contributed by atoms with E-state index in [-0.39, 0.29) is 17.8 Å². The Kier molecular flexibility index (Phi) is 5.24. The van der Waals surface area contributed by atoms with Gasteiger partial charge in [-0.25, -0.2) is 9.07 Å². The summed E-state index contributed by atoms with van der Waals surface area (Å²) >= 11 is 0. The van der Waals surface area contributed by atoms with Crippen LogP contribution in [0.15, 0.2) is 54.7 Å². The van der Waals surface area contributed by atoms with Gasteiger partial charge < -0.3 is 5.32 Å². The van der Waals surface area contributed by atoms with Crippen LogP contribution in [0.2, 0.25) is 0 Å². The molecule has 0 aliphatic heterocycles. The molecule has 0 saturated heterocycles. The number of carbonyl (C=O) groups is 1. The fourth-order valence-electron chi connectivity index (χ4n) is 3.94. The van der Waals surface area contributed by atoms with E-state index in [0.717, 1.165) is 36.9 Å². The number of nitrogens with one attached hydrogen (secondary N) is 1. The van der Waals surface area contributed by atoms with E-state index in [1.54, 1.807) is 29.1 Å². The van der Waals surface area contributed by atoms with E-state index in [0.29, 0.717) is 12.1 Å². The molecule has 1 amide bonds. The molecule has 4 rings (SSSR count). The highest BCUT2D eigenvalue weighted by atomic mass is 19.1. The molecular formula is C23H24FN3O. The Morgan fingerprint density at radius 1 is 1.21 bits per heavy atom. The van der Waals surface area contributed by atoms with Gasteiger partial charge in [0.2, 0.25) is 5.91 Å². The quantitative estimate of drug-likeness (QED) is 0.714. The summed E-state index contributed by atoms with van der Waals surface area (Å²) in [4.78, 5) is 12.5. The first kappa shape index (κ1) is 18.4. The zero-order valence-corrected chi connectivity index (χ0v) is 16.0. The molecular weight excluding hydrogens is 353 g/mol. The highest BCUT2D eigenvalue weighted by Crippen LogP contribution is 2.31.